The van der Waals surface area contributed by atoms with E-state index in [2.05, 4.69) is 14.7 Å². The first-order valence-corrected chi connectivity index (χ1v) is 14.3. The number of alkyl halides is 3. The van der Waals surface area contributed by atoms with Gasteiger partial charge in [-0.15, -0.1) is 0 Å². The van der Waals surface area contributed by atoms with Crippen molar-refractivity contribution in [3.63, 3.8) is 0 Å². The quantitative estimate of drug-likeness (QED) is 0.443. The molecule has 0 spiro atoms. The lowest BCUT2D eigenvalue weighted by atomic mass is 9.86. The number of nitrogens with zero attached hydrogens (tertiary/aromatic N) is 3. The predicted octanol–water partition coefficient (Wildman–Crippen LogP) is 3.82. The average molecular weight is 550 g/mol. The number of likely N-dealkylation sites (tertiary alicyclic amines) is 2. The number of aliphatic hydroxyl groups excluding tert-OH is 1. The van der Waals surface area contributed by atoms with Crippen LogP contribution in [-0.4, -0.2) is 81.9 Å². The summed E-state index contributed by atoms with van der Waals surface area (Å²) in [7, 11) is 0. The Morgan fingerprint density at radius 1 is 0.949 bits per heavy atom. The molecule has 4 aliphatic rings. The number of halogens is 3. The van der Waals surface area contributed by atoms with Gasteiger partial charge in [-0.25, -0.2) is 0 Å². The van der Waals surface area contributed by atoms with Gasteiger partial charge in [0, 0.05) is 42.5 Å². The molecule has 39 heavy (non-hydrogen) atoms. The summed E-state index contributed by atoms with van der Waals surface area (Å²) >= 11 is 0. The molecule has 1 saturated carbocycles. The summed E-state index contributed by atoms with van der Waals surface area (Å²) in [5.41, 5.74) is 14.3. The number of phenolic OH excluding ortho intramolecular Hbond substituents is 1. The number of phenols is 1. The third-order valence-corrected chi connectivity index (χ3v) is 9.41. The molecule has 5 rings (SSSR count). The minimum atomic E-state index is -4.54. The van der Waals surface area contributed by atoms with Crippen molar-refractivity contribution in [1.82, 2.24) is 14.7 Å². The molecule has 0 bridgehead atoms. The summed E-state index contributed by atoms with van der Waals surface area (Å²) < 4.78 is 39.1. The van der Waals surface area contributed by atoms with Gasteiger partial charge in [0.05, 0.1) is 11.7 Å². The largest absolute Gasteiger partial charge is 0.507 e. The van der Waals surface area contributed by atoms with Gasteiger partial charge in [-0.1, -0.05) is 0 Å². The zero-order chi connectivity index (χ0) is 27.9. The lowest BCUT2D eigenvalue weighted by Gasteiger charge is -2.49. The first kappa shape index (κ1) is 28.1. The number of aliphatic hydroxyl groups is 1. The second kappa shape index (κ2) is 11.2. The fraction of sp³-hybridized carbons (Fsp3) is 0.655. The van der Waals surface area contributed by atoms with Gasteiger partial charge in [-0.3, -0.25) is 4.90 Å². The maximum absolute atomic E-state index is 13.0. The molecule has 10 heteroatoms. The third-order valence-electron chi connectivity index (χ3n) is 9.41. The molecule has 3 fully saturated rings. The van der Waals surface area contributed by atoms with E-state index in [9.17, 15) is 23.4 Å². The number of aromatic hydroxyl groups is 1. The molecule has 3 aliphatic heterocycles. The summed E-state index contributed by atoms with van der Waals surface area (Å²) in [4.78, 5) is 7.50. The predicted molar refractivity (Wildman–Crippen MR) is 145 cm³/mol. The summed E-state index contributed by atoms with van der Waals surface area (Å²) in [6, 6.07) is 4.32. The standard InChI is InChI=1S/C29H42F3N5O2/c1-18(27(33)25-7-6-19(14-26(25)39)29(30,31)32)24-5-3-11-37(28(24)34)21-4-2-10-36(17-21)20-8-12-35(13-9-20)22-15-23(38)16-22/h6-7,14,20-23,38-39H,2-5,8-13,15-17,33-34H2,1H3/b27-18-. The number of allylic oxidation sites excluding steroid dienone is 2. The molecule has 216 valence electrons. The van der Waals surface area contributed by atoms with Crippen LogP contribution in [-0.2, 0) is 6.18 Å². The number of nitrogens with two attached hydrogens (primary N) is 2. The zero-order valence-corrected chi connectivity index (χ0v) is 22.8. The number of benzene rings is 1. The molecule has 1 aromatic carbocycles. The average Bonchev–Trinajstić information content (AvgIpc) is 2.90. The Bertz CT molecular complexity index is 1110. The monoisotopic (exact) mass is 549 g/mol. The van der Waals surface area contributed by atoms with Crippen LogP contribution < -0.4 is 11.5 Å². The molecule has 0 radical (unpaired) electrons. The SMILES string of the molecule is C/C(C1=C(N)N(C2CCCN(C3CCN(C4CC(O)C4)CC3)C2)CCC1)=C(/N)c1ccc(C(F)(F)F)cc1O. The molecule has 1 atom stereocenters. The van der Waals surface area contributed by atoms with E-state index in [0.29, 0.717) is 29.5 Å². The van der Waals surface area contributed by atoms with Crippen LogP contribution in [0, 0.1) is 0 Å². The van der Waals surface area contributed by atoms with Gasteiger partial charge in [0.1, 0.15) is 11.6 Å². The van der Waals surface area contributed by atoms with Gasteiger partial charge in [-0.05, 0) is 107 Å². The van der Waals surface area contributed by atoms with Gasteiger partial charge >= 0.3 is 6.18 Å². The van der Waals surface area contributed by atoms with Crippen molar-refractivity contribution in [2.24, 2.45) is 11.5 Å². The molecule has 1 unspecified atom stereocenters. The first-order valence-electron chi connectivity index (χ1n) is 14.3. The normalized spacial score (nSPS) is 28.8. The van der Waals surface area contributed by atoms with Crippen LogP contribution in [0.3, 0.4) is 0 Å². The van der Waals surface area contributed by atoms with Crippen LogP contribution in [0.2, 0.25) is 0 Å². The number of rotatable bonds is 5. The minimum absolute atomic E-state index is 0.113. The van der Waals surface area contributed by atoms with Crippen LogP contribution >= 0.6 is 0 Å². The topological polar surface area (TPSA) is 102 Å². The van der Waals surface area contributed by atoms with Crippen LogP contribution in [0.25, 0.3) is 5.70 Å². The molecule has 7 nitrogen and oxygen atoms in total. The molecule has 1 aromatic rings. The molecule has 2 saturated heterocycles. The Labute approximate surface area is 228 Å². The first-order chi connectivity index (χ1) is 18.5. The third kappa shape index (κ3) is 5.88. The highest BCUT2D eigenvalue weighted by Gasteiger charge is 2.37. The molecule has 1 aliphatic carbocycles. The molecular formula is C29H42F3N5O2. The van der Waals surface area contributed by atoms with Crippen LogP contribution in [0.1, 0.15) is 69.4 Å². The Balaban J connectivity index is 1.28. The van der Waals surface area contributed by atoms with Crippen LogP contribution in [0.4, 0.5) is 13.2 Å². The van der Waals surface area contributed by atoms with E-state index in [4.69, 9.17) is 11.5 Å². The van der Waals surface area contributed by atoms with E-state index in [1.54, 1.807) is 0 Å². The van der Waals surface area contributed by atoms with Gasteiger partial charge < -0.3 is 31.5 Å². The van der Waals surface area contributed by atoms with Crippen molar-refractivity contribution in [1.29, 1.82) is 0 Å². The van der Waals surface area contributed by atoms with Crippen molar-refractivity contribution >= 4 is 5.70 Å². The Kier molecular flexibility index (Phi) is 8.08. The highest BCUT2D eigenvalue weighted by atomic mass is 19.4. The molecular weight excluding hydrogens is 507 g/mol. The number of piperidine rings is 2. The number of hydrogen-bond acceptors (Lipinski definition) is 7. The summed E-state index contributed by atoms with van der Waals surface area (Å²) in [5, 5.41) is 20.0. The lowest BCUT2D eigenvalue weighted by Crippen LogP contribution is -2.56. The van der Waals surface area contributed by atoms with Crippen molar-refractivity contribution in [2.75, 3.05) is 32.7 Å². The maximum Gasteiger partial charge on any atom is 0.416 e. The molecule has 0 amide bonds. The molecule has 6 N–H and O–H groups in total. The molecule has 0 aromatic heterocycles. The van der Waals surface area contributed by atoms with Crippen molar-refractivity contribution < 1.29 is 23.4 Å². The highest BCUT2D eigenvalue weighted by Crippen LogP contribution is 2.37. The second-order valence-electron chi connectivity index (χ2n) is 11.8. The van der Waals surface area contributed by atoms with Crippen molar-refractivity contribution in [3.05, 3.63) is 46.3 Å². The summed E-state index contributed by atoms with van der Waals surface area (Å²) in [5.74, 6) is 0.203. The van der Waals surface area contributed by atoms with Gasteiger partial charge in [-0.2, -0.15) is 13.2 Å². The van der Waals surface area contributed by atoms with Crippen molar-refractivity contribution in [2.45, 2.75) is 88.7 Å². The minimum Gasteiger partial charge on any atom is -0.507 e. The smallest absolute Gasteiger partial charge is 0.416 e. The van der Waals surface area contributed by atoms with Crippen LogP contribution in [0.5, 0.6) is 5.75 Å². The van der Waals surface area contributed by atoms with E-state index in [1.165, 1.54) is 6.07 Å². The Hall–Kier alpha value is -2.43. The second-order valence-corrected chi connectivity index (χ2v) is 11.8. The number of hydrogen-bond donors (Lipinski definition) is 4. The fourth-order valence-corrected chi connectivity index (χ4v) is 6.95. The van der Waals surface area contributed by atoms with E-state index < -0.39 is 17.5 Å². The fourth-order valence-electron chi connectivity index (χ4n) is 6.95. The lowest BCUT2D eigenvalue weighted by molar-refractivity contribution is -0.137. The molecule has 3 heterocycles. The van der Waals surface area contributed by atoms with E-state index in [-0.39, 0.29) is 17.4 Å². The maximum atomic E-state index is 13.0. The Morgan fingerprint density at radius 2 is 1.67 bits per heavy atom. The summed E-state index contributed by atoms with van der Waals surface area (Å²) in [6.07, 6.45) is 3.34. The van der Waals surface area contributed by atoms with Gasteiger partial charge in [0.15, 0.2) is 0 Å². The van der Waals surface area contributed by atoms with E-state index in [1.807, 2.05) is 6.92 Å². The van der Waals surface area contributed by atoms with Gasteiger partial charge in [0.2, 0.25) is 0 Å². The Morgan fingerprint density at radius 3 is 2.31 bits per heavy atom. The van der Waals surface area contributed by atoms with E-state index in [0.717, 1.165) is 102 Å². The van der Waals surface area contributed by atoms with Crippen molar-refractivity contribution in [3.8, 4) is 5.75 Å². The van der Waals surface area contributed by atoms with E-state index >= 15 is 0 Å². The highest BCUT2D eigenvalue weighted by molar-refractivity contribution is 5.74. The van der Waals surface area contributed by atoms with Crippen LogP contribution in [0.15, 0.2) is 35.2 Å². The van der Waals surface area contributed by atoms with Gasteiger partial charge in [0.25, 0.3) is 0 Å². The summed E-state index contributed by atoms with van der Waals surface area (Å²) in [6.45, 7) is 6.97. The zero-order valence-electron chi connectivity index (χ0n) is 22.8.